The zero-order chi connectivity index (χ0) is 23.0. The van der Waals surface area contributed by atoms with E-state index >= 15 is 0 Å². The second-order valence-electron chi connectivity index (χ2n) is 8.50. The van der Waals surface area contributed by atoms with Crippen molar-refractivity contribution in [2.45, 2.75) is 43.5 Å². The Kier molecular flexibility index (Phi) is 6.29. The second kappa shape index (κ2) is 8.84. The number of rotatable bonds is 6. The number of halogens is 1. The molecule has 32 heavy (non-hydrogen) atoms. The summed E-state index contributed by atoms with van der Waals surface area (Å²) in [5.41, 5.74) is 2.12. The molecule has 1 saturated carbocycles. The molecule has 2 aliphatic rings. The number of nitrogens with one attached hydrogen (secondary N) is 1. The number of fused-ring (bicyclic) bond motifs is 1. The summed E-state index contributed by atoms with van der Waals surface area (Å²) in [7, 11) is -2.51. The van der Waals surface area contributed by atoms with Gasteiger partial charge in [0, 0.05) is 35.4 Å². The van der Waals surface area contributed by atoms with Crippen LogP contribution in [-0.4, -0.2) is 44.2 Å². The van der Waals surface area contributed by atoms with Crippen LogP contribution in [0.3, 0.4) is 0 Å². The standard InChI is InChI=1S/C23H26ClN3O4S/c1-15-11-17-12-20(9-10-21(17)27(15)23(29)16-5-3-6-16)32(30,31)26(2)14-22(28)25-19-8-4-7-18(24)13-19/h4,7-10,12-13,15-16H,3,5-6,11,14H2,1-2H3,(H,25,28)/t15-/m1/s1. The molecule has 0 radical (unpaired) electrons. The predicted molar refractivity (Wildman–Crippen MR) is 124 cm³/mol. The van der Waals surface area contributed by atoms with Crippen molar-refractivity contribution in [3.05, 3.63) is 53.1 Å². The molecule has 1 aliphatic heterocycles. The number of nitrogens with zero attached hydrogens (tertiary/aromatic N) is 2. The minimum atomic E-state index is -3.88. The highest BCUT2D eigenvalue weighted by Gasteiger charge is 2.37. The molecule has 2 aromatic rings. The monoisotopic (exact) mass is 475 g/mol. The van der Waals surface area contributed by atoms with E-state index in [4.69, 9.17) is 11.6 Å². The number of anilines is 2. The molecule has 2 amide bonds. The van der Waals surface area contributed by atoms with Gasteiger partial charge in [-0.15, -0.1) is 0 Å². The SMILES string of the molecule is C[C@@H]1Cc2cc(S(=O)(=O)N(C)CC(=O)Nc3cccc(Cl)c3)ccc2N1C(=O)C1CCC1. The molecular formula is C23H26ClN3O4S. The summed E-state index contributed by atoms with van der Waals surface area (Å²) >= 11 is 5.92. The van der Waals surface area contributed by atoms with Crippen LogP contribution in [0.1, 0.15) is 31.7 Å². The van der Waals surface area contributed by atoms with Gasteiger partial charge in [0.2, 0.25) is 21.8 Å². The Morgan fingerprint density at radius 2 is 1.94 bits per heavy atom. The predicted octanol–water partition coefficient (Wildman–Crippen LogP) is 3.68. The zero-order valence-corrected chi connectivity index (χ0v) is 19.6. The van der Waals surface area contributed by atoms with Gasteiger partial charge in [-0.25, -0.2) is 8.42 Å². The van der Waals surface area contributed by atoms with E-state index in [1.165, 1.54) is 13.1 Å². The highest BCUT2D eigenvalue weighted by Crippen LogP contribution is 2.38. The number of carbonyl (C=O) groups excluding carboxylic acids is 2. The fourth-order valence-electron chi connectivity index (χ4n) is 4.19. The van der Waals surface area contributed by atoms with Gasteiger partial charge in [-0.05, 0) is 68.1 Å². The van der Waals surface area contributed by atoms with E-state index < -0.39 is 15.9 Å². The van der Waals surface area contributed by atoms with Crippen LogP contribution in [0.4, 0.5) is 11.4 Å². The summed E-state index contributed by atoms with van der Waals surface area (Å²) in [6.07, 6.45) is 3.54. The van der Waals surface area contributed by atoms with Gasteiger partial charge in [-0.3, -0.25) is 9.59 Å². The normalized spacial score (nSPS) is 18.4. The fraction of sp³-hybridized carbons (Fsp3) is 0.391. The molecule has 0 spiro atoms. The van der Waals surface area contributed by atoms with E-state index in [0.29, 0.717) is 17.1 Å². The van der Waals surface area contributed by atoms with Crippen LogP contribution in [0.5, 0.6) is 0 Å². The van der Waals surface area contributed by atoms with Crippen molar-refractivity contribution in [2.24, 2.45) is 5.92 Å². The van der Waals surface area contributed by atoms with Gasteiger partial charge in [0.05, 0.1) is 11.4 Å². The smallest absolute Gasteiger partial charge is 0.243 e. The number of sulfonamides is 1. The molecule has 0 unspecified atom stereocenters. The van der Waals surface area contributed by atoms with Crippen molar-refractivity contribution >= 4 is 44.8 Å². The van der Waals surface area contributed by atoms with Crippen molar-refractivity contribution in [2.75, 3.05) is 23.8 Å². The van der Waals surface area contributed by atoms with Gasteiger partial charge in [0.1, 0.15) is 0 Å². The Bertz CT molecular complexity index is 1160. The second-order valence-corrected chi connectivity index (χ2v) is 11.0. The number of carbonyl (C=O) groups is 2. The number of hydrogen-bond acceptors (Lipinski definition) is 4. The van der Waals surface area contributed by atoms with E-state index in [-0.39, 0.29) is 29.3 Å². The van der Waals surface area contributed by atoms with Crippen LogP contribution in [-0.2, 0) is 26.0 Å². The molecule has 1 N–H and O–H groups in total. The molecule has 1 heterocycles. The molecule has 1 fully saturated rings. The number of likely N-dealkylation sites (N-methyl/N-ethyl adjacent to an activating group) is 1. The summed E-state index contributed by atoms with van der Waals surface area (Å²) in [5, 5.41) is 3.12. The lowest BCUT2D eigenvalue weighted by Crippen LogP contribution is -2.42. The van der Waals surface area contributed by atoms with Crippen LogP contribution in [0.25, 0.3) is 0 Å². The van der Waals surface area contributed by atoms with E-state index in [1.54, 1.807) is 36.4 Å². The maximum Gasteiger partial charge on any atom is 0.243 e. The summed E-state index contributed by atoms with van der Waals surface area (Å²) in [5.74, 6) is -0.255. The van der Waals surface area contributed by atoms with Gasteiger partial charge in [-0.2, -0.15) is 4.31 Å². The van der Waals surface area contributed by atoms with Crippen LogP contribution >= 0.6 is 11.6 Å². The molecule has 170 valence electrons. The van der Waals surface area contributed by atoms with Crippen molar-refractivity contribution in [1.29, 1.82) is 0 Å². The number of benzene rings is 2. The van der Waals surface area contributed by atoms with E-state index in [1.807, 2.05) is 11.8 Å². The zero-order valence-electron chi connectivity index (χ0n) is 18.0. The molecule has 0 saturated heterocycles. The average molecular weight is 476 g/mol. The maximum absolute atomic E-state index is 13.1. The lowest BCUT2D eigenvalue weighted by molar-refractivity contribution is -0.125. The largest absolute Gasteiger partial charge is 0.325 e. The first-order valence-electron chi connectivity index (χ1n) is 10.6. The lowest BCUT2D eigenvalue weighted by Gasteiger charge is -2.32. The molecule has 9 heteroatoms. The van der Waals surface area contributed by atoms with Gasteiger partial charge in [-0.1, -0.05) is 24.1 Å². The molecule has 1 atom stereocenters. The van der Waals surface area contributed by atoms with Crippen LogP contribution in [0.2, 0.25) is 5.02 Å². The Morgan fingerprint density at radius 3 is 2.59 bits per heavy atom. The van der Waals surface area contributed by atoms with Gasteiger partial charge in [0.15, 0.2) is 0 Å². The first-order chi connectivity index (χ1) is 15.2. The van der Waals surface area contributed by atoms with Crippen molar-refractivity contribution < 1.29 is 18.0 Å². The Hall–Kier alpha value is -2.42. The Labute approximate surface area is 193 Å². The highest BCUT2D eigenvalue weighted by molar-refractivity contribution is 7.89. The maximum atomic E-state index is 13.1. The third-order valence-electron chi connectivity index (χ3n) is 6.14. The van der Waals surface area contributed by atoms with Gasteiger partial charge >= 0.3 is 0 Å². The van der Waals surface area contributed by atoms with Crippen LogP contribution < -0.4 is 10.2 Å². The summed E-state index contributed by atoms with van der Waals surface area (Å²) in [4.78, 5) is 27.1. The summed E-state index contributed by atoms with van der Waals surface area (Å²) in [6.45, 7) is 1.64. The first-order valence-corrected chi connectivity index (χ1v) is 12.5. The highest BCUT2D eigenvalue weighted by atomic mass is 35.5. The van der Waals surface area contributed by atoms with Crippen LogP contribution in [0.15, 0.2) is 47.4 Å². The van der Waals surface area contributed by atoms with Crippen molar-refractivity contribution in [1.82, 2.24) is 4.31 Å². The molecule has 0 bridgehead atoms. The van der Waals surface area contributed by atoms with Gasteiger partial charge in [0.25, 0.3) is 0 Å². The molecule has 4 rings (SSSR count). The Morgan fingerprint density at radius 1 is 1.19 bits per heavy atom. The lowest BCUT2D eigenvalue weighted by atomic mass is 9.84. The summed E-state index contributed by atoms with van der Waals surface area (Å²) in [6, 6.07) is 11.5. The molecular weight excluding hydrogens is 450 g/mol. The topological polar surface area (TPSA) is 86.8 Å². The van der Waals surface area contributed by atoms with Crippen LogP contribution in [0, 0.1) is 5.92 Å². The van der Waals surface area contributed by atoms with Crippen molar-refractivity contribution in [3.8, 4) is 0 Å². The molecule has 0 aromatic heterocycles. The quantitative estimate of drug-likeness (QED) is 0.690. The molecule has 2 aromatic carbocycles. The van der Waals surface area contributed by atoms with E-state index in [9.17, 15) is 18.0 Å². The third kappa shape index (κ3) is 4.40. The van der Waals surface area contributed by atoms with E-state index in [2.05, 4.69) is 5.32 Å². The van der Waals surface area contributed by atoms with Gasteiger partial charge < -0.3 is 10.2 Å². The van der Waals surface area contributed by atoms with Crippen molar-refractivity contribution in [3.63, 3.8) is 0 Å². The molecule has 1 aliphatic carbocycles. The first kappa shape index (κ1) is 22.8. The average Bonchev–Trinajstić information content (AvgIpc) is 3.01. The number of amides is 2. The minimum Gasteiger partial charge on any atom is -0.325 e. The number of hydrogen-bond donors (Lipinski definition) is 1. The minimum absolute atomic E-state index is 0.00254. The summed E-state index contributed by atoms with van der Waals surface area (Å²) < 4.78 is 27.2. The fourth-order valence-corrected chi connectivity index (χ4v) is 5.56. The van der Waals surface area contributed by atoms with E-state index in [0.717, 1.165) is 34.8 Å². The molecule has 7 nitrogen and oxygen atoms in total. The third-order valence-corrected chi connectivity index (χ3v) is 8.18. The Balaban J connectivity index is 1.48.